The third kappa shape index (κ3) is 4.34. The fraction of sp³-hybridized carbons (Fsp3) is 0.353. The molecule has 7 heteroatoms. The van der Waals surface area contributed by atoms with Crippen molar-refractivity contribution in [1.29, 1.82) is 0 Å². The van der Waals surface area contributed by atoms with E-state index in [1.807, 2.05) is 6.07 Å². The summed E-state index contributed by atoms with van der Waals surface area (Å²) in [6, 6.07) is 8.83. The van der Waals surface area contributed by atoms with Crippen LogP contribution >= 0.6 is 0 Å². The van der Waals surface area contributed by atoms with E-state index in [1.165, 1.54) is 7.11 Å². The molecule has 0 aliphatic heterocycles. The third-order valence-corrected chi connectivity index (χ3v) is 3.08. The fourth-order valence-corrected chi connectivity index (χ4v) is 2.12. The van der Waals surface area contributed by atoms with Gasteiger partial charge in [-0.15, -0.1) is 0 Å². The molecule has 0 unspecified atom stereocenters. The van der Waals surface area contributed by atoms with Gasteiger partial charge in [-0.3, -0.25) is 10.00 Å². The van der Waals surface area contributed by atoms with Crippen LogP contribution in [0.3, 0.4) is 0 Å². The topological polar surface area (TPSA) is 82.5 Å². The van der Waals surface area contributed by atoms with Gasteiger partial charge in [0.1, 0.15) is 5.60 Å². The second kappa shape index (κ2) is 6.74. The zero-order valence-corrected chi connectivity index (χ0v) is 14.4. The molecule has 0 bridgehead atoms. The molecule has 2 aromatic rings. The van der Waals surface area contributed by atoms with Crippen molar-refractivity contribution in [1.82, 2.24) is 9.78 Å². The predicted molar refractivity (Wildman–Crippen MR) is 89.8 cm³/mol. The van der Waals surface area contributed by atoms with Crippen LogP contribution in [-0.2, 0) is 16.5 Å². The van der Waals surface area contributed by atoms with E-state index < -0.39 is 17.7 Å². The summed E-state index contributed by atoms with van der Waals surface area (Å²) in [5.41, 5.74) is 1.76. The molecule has 24 heavy (non-hydrogen) atoms. The molecule has 7 nitrogen and oxygen atoms in total. The molecule has 128 valence electrons. The van der Waals surface area contributed by atoms with Crippen molar-refractivity contribution in [2.75, 3.05) is 12.4 Å². The molecule has 0 radical (unpaired) electrons. The highest BCUT2D eigenvalue weighted by atomic mass is 16.6. The smallest absolute Gasteiger partial charge is 0.412 e. The van der Waals surface area contributed by atoms with Gasteiger partial charge in [0.05, 0.1) is 12.8 Å². The number of carbonyl (C=O) groups is 2. The number of hydrogen-bond acceptors (Lipinski definition) is 5. The van der Waals surface area contributed by atoms with Crippen molar-refractivity contribution in [3.63, 3.8) is 0 Å². The third-order valence-electron chi connectivity index (χ3n) is 3.08. The molecule has 1 aromatic heterocycles. The summed E-state index contributed by atoms with van der Waals surface area (Å²) < 4.78 is 11.5. The summed E-state index contributed by atoms with van der Waals surface area (Å²) >= 11 is 0. The quantitative estimate of drug-likeness (QED) is 0.873. The zero-order valence-electron chi connectivity index (χ0n) is 14.4. The molecule has 1 N–H and O–H groups in total. The highest BCUT2D eigenvalue weighted by molar-refractivity contribution is 5.89. The molecule has 0 aliphatic rings. The van der Waals surface area contributed by atoms with Crippen molar-refractivity contribution in [3.05, 3.63) is 36.0 Å². The predicted octanol–water partition coefficient (Wildman–Crippen LogP) is 3.22. The van der Waals surface area contributed by atoms with E-state index >= 15 is 0 Å². The van der Waals surface area contributed by atoms with Gasteiger partial charge in [0.15, 0.2) is 5.69 Å². The molecule has 0 atom stereocenters. The number of amides is 1. The largest absolute Gasteiger partial charge is 0.464 e. The number of carbonyl (C=O) groups excluding carboxylic acids is 2. The van der Waals surface area contributed by atoms with E-state index in [9.17, 15) is 9.59 Å². The average Bonchev–Trinajstić information content (AvgIpc) is 2.86. The number of methoxy groups -OCH3 is 1. The van der Waals surface area contributed by atoms with Gasteiger partial charge in [-0.1, -0.05) is 12.1 Å². The Balaban J connectivity index is 2.23. The van der Waals surface area contributed by atoms with Gasteiger partial charge in [-0.25, -0.2) is 9.59 Å². The van der Waals surface area contributed by atoms with Crippen molar-refractivity contribution in [3.8, 4) is 11.3 Å². The number of benzene rings is 1. The highest BCUT2D eigenvalue weighted by Crippen LogP contribution is 2.24. The van der Waals surface area contributed by atoms with Crippen LogP contribution in [0.1, 0.15) is 31.3 Å². The van der Waals surface area contributed by atoms with Crippen molar-refractivity contribution in [2.45, 2.75) is 26.4 Å². The molecule has 0 fully saturated rings. The maximum atomic E-state index is 11.9. The first-order chi connectivity index (χ1) is 11.2. The van der Waals surface area contributed by atoms with E-state index in [-0.39, 0.29) is 5.69 Å². The van der Waals surface area contributed by atoms with Gasteiger partial charge in [0, 0.05) is 18.3 Å². The summed E-state index contributed by atoms with van der Waals surface area (Å²) in [6.07, 6.45) is -0.528. The standard InChI is InChI=1S/C17H21N3O4/c1-17(2,3)24-16(22)18-12-8-6-7-11(9-12)14-10-13(15(21)23-5)19-20(14)4/h6-10H,1-5H3,(H,18,22). The number of rotatable bonds is 3. The normalized spacial score (nSPS) is 11.0. The van der Waals surface area contributed by atoms with Gasteiger partial charge in [-0.2, -0.15) is 5.10 Å². The minimum absolute atomic E-state index is 0.223. The first-order valence-electron chi connectivity index (χ1n) is 7.42. The molecule has 0 spiro atoms. The van der Waals surface area contributed by atoms with Crippen LogP contribution in [0.4, 0.5) is 10.5 Å². The average molecular weight is 331 g/mol. The van der Waals surface area contributed by atoms with Crippen LogP contribution in [-0.4, -0.2) is 34.6 Å². The van der Waals surface area contributed by atoms with Crippen LogP contribution in [0.5, 0.6) is 0 Å². The summed E-state index contributed by atoms with van der Waals surface area (Å²) in [5.74, 6) is -0.500. The summed E-state index contributed by atoms with van der Waals surface area (Å²) in [7, 11) is 3.04. The number of esters is 1. The van der Waals surface area contributed by atoms with E-state index in [0.29, 0.717) is 5.69 Å². The lowest BCUT2D eigenvalue weighted by Gasteiger charge is -2.19. The van der Waals surface area contributed by atoms with E-state index in [0.717, 1.165) is 11.3 Å². The van der Waals surface area contributed by atoms with Gasteiger partial charge in [0.25, 0.3) is 0 Å². The van der Waals surface area contributed by atoms with Crippen LogP contribution in [0.25, 0.3) is 11.3 Å². The number of nitrogens with one attached hydrogen (secondary N) is 1. The monoisotopic (exact) mass is 331 g/mol. The Morgan fingerprint density at radius 3 is 2.54 bits per heavy atom. The number of nitrogens with zero attached hydrogens (tertiary/aromatic N) is 2. The molecular formula is C17H21N3O4. The lowest BCUT2D eigenvalue weighted by molar-refractivity contribution is 0.0591. The Bertz CT molecular complexity index is 759. The molecule has 1 amide bonds. The number of ether oxygens (including phenoxy) is 2. The Kier molecular flexibility index (Phi) is 4.92. The number of hydrogen-bond donors (Lipinski definition) is 1. The lowest BCUT2D eigenvalue weighted by Crippen LogP contribution is -2.27. The van der Waals surface area contributed by atoms with Gasteiger partial charge in [0.2, 0.25) is 0 Å². The van der Waals surface area contributed by atoms with Crippen molar-refractivity contribution >= 4 is 17.7 Å². The number of aromatic nitrogens is 2. The van der Waals surface area contributed by atoms with Crippen molar-refractivity contribution < 1.29 is 19.1 Å². The van der Waals surface area contributed by atoms with Crippen LogP contribution in [0.2, 0.25) is 0 Å². The molecule has 1 heterocycles. The minimum atomic E-state index is -0.570. The van der Waals surface area contributed by atoms with Crippen molar-refractivity contribution in [2.24, 2.45) is 7.05 Å². The molecule has 1 aromatic carbocycles. The Labute approximate surface area is 140 Å². The summed E-state index contributed by atoms with van der Waals surface area (Å²) in [4.78, 5) is 23.4. The highest BCUT2D eigenvalue weighted by Gasteiger charge is 2.17. The van der Waals surface area contributed by atoms with Crippen LogP contribution < -0.4 is 5.32 Å². The first kappa shape index (κ1) is 17.5. The molecule has 0 saturated carbocycles. The fourth-order valence-electron chi connectivity index (χ4n) is 2.12. The maximum absolute atomic E-state index is 11.9. The van der Waals surface area contributed by atoms with E-state index in [2.05, 4.69) is 15.2 Å². The molecule has 0 saturated heterocycles. The Morgan fingerprint density at radius 1 is 1.21 bits per heavy atom. The van der Waals surface area contributed by atoms with Gasteiger partial charge < -0.3 is 9.47 Å². The zero-order chi connectivity index (χ0) is 17.9. The Morgan fingerprint density at radius 2 is 1.92 bits per heavy atom. The molecule has 0 aliphatic carbocycles. The maximum Gasteiger partial charge on any atom is 0.412 e. The first-order valence-corrected chi connectivity index (χ1v) is 7.42. The van der Waals surface area contributed by atoms with E-state index in [1.54, 1.807) is 56.8 Å². The van der Waals surface area contributed by atoms with Gasteiger partial charge in [-0.05, 0) is 39.0 Å². The van der Waals surface area contributed by atoms with Gasteiger partial charge >= 0.3 is 12.1 Å². The summed E-state index contributed by atoms with van der Waals surface area (Å²) in [6.45, 7) is 5.40. The lowest BCUT2D eigenvalue weighted by atomic mass is 10.1. The molecule has 2 rings (SSSR count). The van der Waals surface area contributed by atoms with Crippen LogP contribution in [0, 0.1) is 0 Å². The van der Waals surface area contributed by atoms with E-state index in [4.69, 9.17) is 4.74 Å². The Hall–Kier alpha value is -2.83. The number of aryl methyl sites for hydroxylation is 1. The minimum Gasteiger partial charge on any atom is -0.464 e. The SMILES string of the molecule is COC(=O)c1cc(-c2cccc(NC(=O)OC(C)(C)C)c2)n(C)n1. The van der Waals surface area contributed by atoms with Crippen LogP contribution in [0.15, 0.2) is 30.3 Å². The second-order valence-electron chi connectivity index (χ2n) is 6.24. The number of anilines is 1. The molecular weight excluding hydrogens is 310 g/mol. The summed E-state index contributed by atoms with van der Waals surface area (Å²) in [5, 5.41) is 6.81. The second-order valence-corrected chi connectivity index (χ2v) is 6.24.